The minimum atomic E-state index is -0.428. The molecule has 0 aliphatic rings. The molecule has 0 saturated carbocycles. The molecule has 0 radical (unpaired) electrons. The number of unbranched alkanes of at least 4 members (excludes halogenated alkanes) is 5. The average molecular weight is 383 g/mol. The summed E-state index contributed by atoms with van der Waals surface area (Å²) in [5.74, 6) is 0.763. The molecule has 0 unspecified atom stereocenters. The summed E-state index contributed by atoms with van der Waals surface area (Å²) in [6, 6.07) is 13.8. The maximum atomic E-state index is 12.3. The van der Waals surface area contributed by atoms with E-state index in [0.29, 0.717) is 23.6 Å². The molecule has 0 spiro atoms. The highest BCUT2D eigenvalue weighted by atomic mass is 16.5. The summed E-state index contributed by atoms with van der Waals surface area (Å²) in [4.78, 5) is 12.3. The van der Waals surface area contributed by atoms with Gasteiger partial charge in [-0.05, 0) is 67.4 Å². The maximum absolute atomic E-state index is 12.3. The lowest BCUT2D eigenvalue weighted by atomic mass is 10.1. The third-order valence-electron chi connectivity index (χ3n) is 4.49. The zero-order chi connectivity index (χ0) is 20.2. The molecule has 0 aliphatic heterocycles. The fourth-order valence-electron chi connectivity index (χ4n) is 2.75. The zero-order valence-electron chi connectivity index (χ0n) is 16.7. The minimum absolute atomic E-state index is 0.428. The van der Waals surface area contributed by atoms with E-state index >= 15 is 0 Å². The van der Waals surface area contributed by atoms with Crippen LogP contribution in [-0.4, -0.2) is 23.5 Å². The first-order valence-electron chi connectivity index (χ1n) is 9.88. The van der Waals surface area contributed by atoms with Crippen LogP contribution in [0.5, 0.6) is 11.5 Å². The van der Waals surface area contributed by atoms with Crippen molar-refractivity contribution in [1.29, 1.82) is 0 Å². The summed E-state index contributed by atoms with van der Waals surface area (Å²) in [5, 5.41) is 11.9. The molecular weight excluding hydrogens is 354 g/mol. The van der Waals surface area contributed by atoms with Crippen molar-refractivity contribution in [3.8, 4) is 11.5 Å². The van der Waals surface area contributed by atoms with Gasteiger partial charge in [-0.1, -0.05) is 44.2 Å². The van der Waals surface area contributed by atoms with Gasteiger partial charge in [-0.2, -0.15) is 0 Å². The molecule has 2 aromatic carbocycles. The van der Waals surface area contributed by atoms with Crippen molar-refractivity contribution in [2.75, 3.05) is 6.61 Å². The Morgan fingerprint density at radius 3 is 2.07 bits per heavy atom. The Bertz CT molecular complexity index is 751. The largest absolute Gasteiger partial charge is 0.494 e. The molecule has 2 rings (SSSR count). The highest BCUT2D eigenvalue weighted by Crippen LogP contribution is 2.17. The molecule has 5 heteroatoms. The van der Waals surface area contributed by atoms with E-state index in [4.69, 9.17) is 14.7 Å². The van der Waals surface area contributed by atoms with Gasteiger partial charge in [0.2, 0.25) is 0 Å². The quantitative estimate of drug-likeness (QED) is 0.132. The van der Waals surface area contributed by atoms with Gasteiger partial charge in [-0.3, -0.25) is 0 Å². The minimum Gasteiger partial charge on any atom is -0.494 e. The van der Waals surface area contributed by atoms with Crippen LogP contribution in [0.1, 0.15) is 68.3 Å². The molecule has 0 atom stereocenters. The van der Waals surface area contributed by atoms with Gasteiger partial charge in [0.1, 0.15) is 11.5 Å². The Hall–Kier alpha value is -2.82. The van der Waals surface area contributed by atoms with E-state index in [1.165, 1.54) is 32.1 Å². The van der Waals surface area contributed by atoms with E-state index in [9.17, 15) is 4.79 Å². The second kappa shape index (κ2) is 11.8. The predicted molar refractivity (Wildman–Crippen MR) is 111 cm³/mol. The summed E-state index contributed by atoms with van der Waals surface area (Å²) < 4.78 is 11.1. The number of benzene rings is 2. The van der Waals surface area contributed by atoms with E-state index in [0.717, 1.165) is 17.7 Å². The Morgan fingerprint density at radius 1 is 0.857 bits per heavy atom. The monoisotopic (exact) mass is 383 g/mol. The zero-order valence-corrected chi connectivity index (χ0v) is 16.7. The Balaban J connectivity index is 1.78. The number of nitrogens with zero attached hydrogens (tertiary/aromatic N) is 1. The van der Waals surface area contributed by atoms with Gasteiger partial charge in [-0.15, -0.1) is 0 Å². The number of esters is 1. The van der Waals surface area contributed by atoms with Crippen molar-refractivity contribution >= 4 is 11.7 Å². The Kier molecular flexibility index (Phi) is 9.05. The van der Waals surface area contributed by atoms with Crippen LogP contribution in [0.4, 0.5) is 0 Å². The maximum Gasteiger partial charge on any atom is 0.343 e. The fourth-order valence-corrected chi connectivity index (χ4v) is 2.75. The first kappa shape index (κ1) is 21.5. The SMILES string of the molecule is CCCCCCCCOc1ccc(C(=O)Oc2ccc(C(C)=NO)cc2)cc1. The van der Waals surface area contributed by atoms with Gasteiger partial charge in [0.05, 0.1) is 17.9 Å². The number of ether oxygens (including phenoxy) is 2. The average Bonchev–Trinajstić information content (AvgIpc) is 2.73. The predicted octanol–water partition coefficient (Wildman–Crippen LogP) is 5.84. The molecule has 28 heavy (non-hydrogen) atoms. The number of carbonyl (C=O) groups is 1. The summed E-state index contributed by atoms with van der Waals surface area (Å²) in [6.45, 7) is 4.60. The molecule has 5 nitrogen and oxygen atoms in total. The molecule has 0 fully saturated rings. The first-order chi connectivity index (χ1) is 13.6. The molecule has 0 heterocycles. The molecule has 0 aliphatic carbocycles. The third-order valence-corrected chi connectivity index (χ3v) is 4.49. The topological polar surface area (TPSA) is 68.1 Å². The van der Waals surface area contributed by atoms with E-state index < -0.39 is 5.97 Å². The third kappa shape index (κ3) is 7.06. The van der Waals surface area contributed by atoms with Crippen molar-refractivity contribution < 1.29 is 19.5 Å². The highest BCUT2D eigenvalue weighted by Gasteiger charge is 2.09. The van der Waals surface area contributed by atoms with E-state index in [1.807, 2.05) is 0 Å². The van der Waals surface area contributed by atoms with Crippen molar-refractivity contribution in [2.24, 2.45) is 5.16 Å². The van der Waals surface area contributed by atoms with Crippen molar-refractivity contribution in [2.45, 2.75) is 52.4 Å². The van der Waals surface area contributed by atoms with Crippen LogP contribution < -0.4 is 9.47 Å². The van der Waals surface area contributed by atoms with Crippen LogP contribution >= 0.6 is 0 Å². The van der Waals surface area contributed by atoms with Crippen molar-refractivity contribution in [3.63, 3.8) is 0 Å². The van der Waals surface area contributed by atoms with Crippen LogP contribution in [0.2, 0.25) is 0 Å². The lowest BCUT2D eigenvalue weighted by Crippen LogP contribution is -2.08. The van der Waals surface area contributed by atoms with Gasteiger partial charge >= 0.3 is 5.97 Å². The molecule has 0 aromatic heterocycles. The van der Waals surface area contributed by atoms with Crippen LogP contribution in [0, 0.1) is 0 Å². The number of oxime groups is 1. The Labute approximate surface area is 167 Å². The standard InChI is InChI=1S/C23H29NO4/c1-3-4-5-6-7-8-17-27-21-13-11-20(12-14-21)23(25)28-22-15-9-19(10-16-22)18(2)24-26/h9-16,26H,3-8,17H2,1-2H3. The van der Waals surface area contributed by atoms with Gasteiger partial charge in [0, 0.05) is 0 Å². The number of hydrogen-bond acceptors (Lipinski definition) is 5. The molecule has 0 amide bonds. The number of rotatable bonds is 11. The fraction of sp³-hybridized carbons (Fsp3) is 0.391. The van der Waals surface area contributed by atoms with Gasteiger partial charge in [0.15, 0.2) is 0 Å². The van der Waals surface area contributed by atoms with Crippen LogP contribution in [0.25, 0.3) is 0 Å². The van der Waals surface area contributed by atoms with E-state index in [1.54, 1.807) is 55.5 Å². The van der Waals surface area contributed by atoms with E-state index in [2.05, 4.69) is 12.1 Å². The number of carbonyl (C=O) groups excluding carboxylic acids is 1. The van der Waals surface area contributed by atoms with Crippen LogP contribution in [-0.2, 0) is 0 Å². The molecule has 1 N–H and O–H groups in total. The van der Waals surface area contributed by atoms with Crippen molar-refractivity contribution in [3.05, 3.63) is 59.7 Å². The molecule has 2 aromatic rings. The van der Waals surface area contributed by atoms with Crippen LogP contribution in [0.15, 0.2) is 53.7 Å². The highest BCUT2D eigenvalue weighted by molar-refractivity contribution is 5.98. The smallest absolute Gasteiger partial charge is 0.343 e. The molecule has 150 valence electrons. The second-order valence-corrected chi connectivity index (χ2v) is 6.74. The van der Waals surface area contributed by atoms with Crippen LogP contribution in [0.3, 0.4) is 0 Å². The first-order valence-corrected chi connectivity index (χ1v) is 9.88. The molecular formula is C23H29NO4. The molecule has 0 saturated heterocycles. The normalized spacial score (nSPS) is 11.3. The summed E-state index contributed by atoms with van der Waals surface area (Å²) in [5.41, 5.74) is 1.72. The number of hydrogen-bond donors (Lipinski definition) is 1. The summed E-state index contributed by atoms with van der Waals surface area (Å²) in [6.07, 6.45) is 7.35. The second-order valence-electron chi connectivity index (χ2n) is 6.74. The lowest BCUT2D eigenvalue weighted by Gasteiger charge is -2.08. The van der Waals surface area contributed by atoms with Crippen molar-refractivity contribution in [1.82, 2.24) is 0 Å². The van der Waals surface area contributed by atoms with Gasteiger partial charge in [-0.25, -0.2) is 4.79 Å². The van der Waals surface area contributed by atoms with Gasteiger partial charge < -0.3 is 14.7 Å². The van der Waals surface area contributed by atoms with E-state index in [-0.39, 0.29) is 0 Å². The molecule has 0 bridgehead atoms. The lowest BCUT2D eigenvalue weighted by molar-refractivity contribution is 0.0734. The Morgan fingerprint density at radius 2 is 1.43 bits per heavy atom. The summed E-state index contributed by atoms with van der Waals surface area (Å²) >= 11 is 0. The summed E-state index contributed by atoms with van der Waals surface area (Å²) in [7, 11) is 0. The van der Waals surface area contributed by atoms with Gasteiger partial charge in [0.25, 0.3) is 0 Å².